The van der Waals surface area contributed by atoms with Gasteiger partial charge in [0.1, 0.15) is 6.21 Å². The molecule has 1 amide bonds. The molecule has 1 aromatic rings. The number of oxime groups is 1. The van der Waals surface area contributed by atoms with E-state index in [2.05, 4.69) is 15.5 Å². The molecule has 5 nitrogen and oxygen atoms in total. The van der Waals surface area contributed by atoms with Gasteiger partial charge in [-0.2, -0.15) is 0 Å². The second-order valence-electron chi connectivity index (χ2n) is 2.37. The lowest BCUT2D eigenvalue weighted by Crippen LogP contribution is -2.13. The molecule has 0 saturated carbocycles. The van der Waals surface area contributed by atoms with Crippen molar-refractivity contribution in [2.75, 3.05) is 5.32 Å². The summed E-state index contributed by atoms with van der Waals surface area (Å²) >= 11 is 0. The van der Waals surface area contributed by atoms with E-state index in [1.165, 1.54) is 0 Å². The molecule has 0 aliphatic heterocycles. The lowest BCUT2D eigenvalue weighted by molar-refractivity contribution is -0.110. The van der Waals surface area contributed by atoms with Crippen LogP contribution in [0.2, 0.25) is 0 Å². The van der Waals surface area contributed by atoms with Crippen molar-refractivity contribution in [3.05, 3.63) is 24.0 Å². The molecular formula is C8H9N3O2. The zero-order valence-electron chi connectivity index (χ0n) is 7.06. The van der Waals surface area contributed by atoms with E-state index in [-0.39, 0.29) is 0 Å². The van der Waals surface area contributed by atoms with Crippen molar-refractivity contribution in [3.8, 4) is 0 Å². The van der Waals surface area contributed by atoms with Gasteiger partial charge < -0.3 is 10.5 Å². The highest BCUT2D eigenvalue weighted by Gasteiger charge is 2.01. The summed E-state index contributed by atoms with van der Waals surface area (Å²) in [5, 5.41) is 13.2. The highest BCUT2D eigenvalue weighted by atomic mass is 16.4. The molecular weight excluding hydrogens is 170 g/mol. The maximum absolute atomic E-state index is 10.9. The minimum absolute atomic E-state index is 0.487. The van der Waals surface area contributed by atoms with Crippen LogP contribution in [0.1, 0.15) is 5.69 Å². The van der Waals surface area contributed by atoms with Crippen molar-refractivity contribution in [2.24, 2.45) is 5.16 Å². The van der Waals surface area contributed by atoms with Crippen LogP contribution in [0.4, 0.5) is 5.69 Å². The minimum Gasteiger partial charge on any atom is -0.411 e. The van der Waals surface area contributed by atoms with Crippen molar-refractivity contribution in [1.29, 1.82) is 0 Å². The van der Waals surface area contributed by atoms with Crippen molar-refractivity contribution < 1.29 is 10.0 Å². The number of pyridine rings is 1. The van der Waals surface area contributed by atoms with Crippen molar-refractivity contribution in [3.63, 3.8) is 0 Å². The van der Waals surface area contributed by atoms with Crippen LogP contribution in [0.25, 0.3) is 0 Å². The Labute approximate surface area is 75.1 Å². The van der Waals surface area contributed by atoms with Crippen LogP contribution in [-0.4, -0.2) is 22.3 Å². The topological polar surface area (TPSA) is 74.6 Å². The number of rotatable bonds is 2. The van der Waals surface area contributed by atoms with Gasteiger partial charge in [0, 0.05) is 6.20 Å². The molecule has 13 heavy (non-hydrogen) atoms. The molecule has 1 aromatic heterocycles. The molecule has 2 N–H and O–H groups in total. The maximum Gasteiger partial charge on any atom is 0.270 e. The van der Waals surface area contributed by atoms with E-state index in [1.807, 2.05) is 0 Å². The minimum atomic E-state index is -0.487. The van der Waals surface area contributed by atoms with Gasteiger partial charge in [-0.05, 0) is 19.1 Å². The molecule has 5 heteroatoms. The Morgan fingerprint density at radius 2 is 2.54 bits per heavy atom. The number of nitrogens with zero attached hydrogens (tertiary/aromatic N) is 2. The van der Waals surface area contributed by atoms with Crippen LogP contribution in [0.15, 0.2) is 23.5 Å². The molecule has 0 aliphatic carbocycles. The van der Waals surface area contributed by atoms with Gasteiger partial charge in [0.2, 0.25) is 0 Å². The summed E-state index contributed by atoms with van der Waals surface area (Å²) in [6.07, 6.45) is 2.41. The monoisotopic (exact) mass is 179 g/mol. The normalized spacial score (nSPS) is 10.2. The summed E-state index contributed by atoms with van der Waals surface area (Å²) in [7, 11) is 0. The molecule has 0 bridgehead atoms. The molecule has 0 radical (unpaired) electrons. The highest BCUT2D eigenvalue weighted by Crippen LogP contribution is 2.09. The third kappa shape index (κ3) is 2.55. The predicted octanol–water partition coefficient (Wildman–Crippen LogP) is 0.789. The summed E-state index contributed by atoms with van der Waals surface area (Å²) in [4.78, 5) is 14.9. The van der Waals surface area contributed by atoms with E-state index >= 15 is 0 Å². The number of aromatic nitrogens is 1. The average Bonchev–Trinajstić information content (AvgIpc) is 2.09. The number of aryl methyl sites for hydroxylation is 1. The first-order chi connectivity index (χ1) is 6.24. The number of amides is 1. The van der Waals surface area contributed by atoms with Crippen LogP contribution >= 0.6 is 0 Å². The van der Waals surface area contributed by atoms with Crippen LogP contribution in [0.5, 0.6) is 0 Å². The molecule has 0 atom stereocenters. The van der Waals surface area contributed by atoms with Gasteiger partial charge in [0.25, 0.3) is 5.91 Å². The number of anilines is 1. The zero-order chi connectivity index (χ0) is 9.68. The summed E-state index contributed by atoms with van der Waals surface area (Å²) < 4.78 is 0. The zero-order valence-corrected chi connectivity index (χ0v) is 7.06. The smallest absolute Gasteiger partial charge is 0.270 e. The first-order valence-electron chi connectivity index (χ1n) is 3.64. The Morgan fingerprint density at radius 3 is 3.15 bits per heavy atom. The fourth-order valence-electron chi connectivity index (χ4n) is 0.834. The molecule has 1 heterocycles. The third-order valence-corrected chi connectivity index (χ3v) is 1.44. The standard InChI is InChI=1S/C8H9N3O2/c1-6-7(3-2-4-9-6)11-8(12)5-10-13/h2-5,13H,1H3,(H,11,12). The Balaban J connectivity index is 2.74. The summed E-state index contributed by atoms with van der Waals surface area (Å²) in [5.41, 5.74) is 1.31. The quantitative estimate of drug-likeness (QED) is 0.400. The van der Waals surface area contributed by atoms with E-state index in [9.17, 15) is 4.79 Å². The summed E-state index contributed by atoms with van der Waals surface area (Å²) in [5.74, 6) is -0.487. The third-order valence-electron chi connectivity index (χ3n) is 1.44. The molecule has 0 fully saturated rings. The van der Waals surface area contributed by atoms with Gasteiger partial charge >= 0.3 is 0 Å². The Hall–Kier alpha value is -1.91. The van der Waals surface area contributed by atoms with Crippen LogP contribution in [-0.2, 0) is 4.79 Å². The maximum atomic E-state index is 10.9. The predicted molar refractivity (Wildman–Crippen MR) is 47.9 cm³/mol. The number of hydrogen-bond acceptors (Lipinski definition) is 4. The van der Waals surface area contributed by atoms with Gasteiger partial charge in [0.05, 0.1) is 11.4 Å². The van der Waals surface area contributed by atoms with Gasteiger partial charge in [-0.15, -0.1) is 0 Å². The number of carbonyl (C=O) groups excluding carboxylic acids is 1. The van der Waals surface area contributed by atoms with Gasteiger partial charge in [-0.1, -0.05) is 5.16 Å². The van der Waals surface area contributed by atoms with Crippen molar-refractivity contribution >= 4 is 17.8 Å². The highest BCUT2D eigenvalue weighted by molar-refractivity contribution is 6.31. The van der Waals surface area contributed by atoms with Gasteiger partial charge in [-0.3, -0.25) is 9.78 Å². The van der Waals surface area contributed by atoms with Gasteiger partial charge in [0.15, 0.2) is 0 Å². The van der Waals surface area contributed by atoms with E-state index in [0.29, 0.717) is 11.4 Å². The first kappa shape index (κ1) is 9.18. The second-order valence-corrected chi connectivity index (χ2v) is 2.37. The lowest BCUT2D eigenvalue weighted by Gasteiger charge is -2.03. The van der Waals surface area contributed by atoms with E-state index in [0.717, 1.165) is 6.21 Å². The number of hydrogen-bond donors (Lipinski definition) is 2. The fraction of sp³-hybridized carbons (Fsp3) is 0.125. The SMILES string of the molecule is Cc1ncccc1NC(=O)C=NO. The summed E-state index contributed by atoms with van der Waals surface area (Å²) in [6.45, 7) is 1.77. The van der Waals surface area contributed by atoms with E-state index in [4.69, 9.17) is 5.21 Å². The van der Waals surface area contributed by atoms with Crippen LogP contribution < -0.4 is 5.32 Å². The Kier molecular flexibility index (Phi) is 2.97. The first-order valence-corrected chi connectivity index (χ1v) is 3.64. The Bertz CT molecular complexity index is 336. The number of nitrogens with one attached hydrogen (secondary N) is 1. The fourth-order valence-corrected chi connectivity index (χ4v) is 0.834. The van der Waals surface area contributed by atoms with Crippen molar-refractivity contribution in [1.82, 2.24) is 4.98 Å². The molecule has 0 saturated heterocycles. The number of carbonyl (C=O) groups is 1. The average molecular weight is 179 g/mol. The lowest BCUT2D eigenvalue weighted by atomic mass is 10.3. The molecule has 1 rings (SSSR count). The van der Waals surface area contributed by atoms with Crippen LogP contribution in [0.3, 0.4) is 0 Å². The molecule has 0 aromatic carbocycles. The molecule has 68 valence electrons. The summed E-state index contributed by atoms with van der Waals surface area (Å²) in [6, 6.07) is 3.42. The largest absolute Gasteiger partial charge is 0.411 e. The van der Waals surface area contributed by atoms with Gasteiger partial charge in [-0.25, -0.2) is 0 Å². The Morgan fingerprint density at radius 1 is 1.77 bits per heavy atom. The van der Waals surface area contributed by atoms with E-state index in [1.54, 1.807) is 25.3 Å². The molecule has 0 aliphatic rings. The molecule has 0 spiro atoms. The van der Waals surface area contributed by atoms with E-state index < -0.39 is 5.91 Å². The van der Waals surface area contributed by atoms with Crippen LogP contribution in [0, 0.1) is 6.92 Å². The van der Waals surface area contributed by atoms with Crippen molar-refractivity contribution in [2.45, 2.75) is 6.92 Å². The second kappa shape index (κ2) is 4.20. The molecule has 0 unspecified atom stereocenters.